The second-order valence-corrected chi connectivity index (χ2v) is 3.79. The van der Waals surface area contributed by atoms with Crippen molar-refractivity contribution in [2.24, 2.45) is 5.73 Å². The summed E-state index contributed by atoms with van der Waals surface area (Å²) in [4.78, 5) is 0. The molecule has 0 aliphatic carbocycles. The Morgan fingerprint density at radius 2 is 2.24 bits per heavy atom. The normalized spacial score (nSPS) is 12.4. The van der Waals surface area contributed by atoms with E-state index < -0.39 is 0 Å². The van der Waals surface area contributed by atoms with E-state index in [4.69, 9.17) is 14.9 Å². The molecule has 0 aliphatic rings. The molecule has 3 nitrogen and oxygen atoms in total. The average Bonchev–Trinajstić information content (AvgIpc) is 2.82. The second-order valence-electron chi connectivity index (χ2n) is 3.79. The number of hydrogen-bond donors (Lipinski definition) is 1. The van der Waals surface area contributed by atoms with E-state index in [2.05, 4.69) is 0 Å². The fraction of sp³-hybridized carbons (Fsp3) is 0.231. The van der Waals surface area contributed by atoms with Crippen LogP contribution in [-0.2, 0) is 6.42 Å². The van der Waals surface area contributed by atoms with Crippen LogP contribution < -0.4 is 10.5 Å². The summed E-state index contributed by atoms with van der Waals surface area (Å²) in [5, 5.41) is 0. The summed E-state index contributed by atoms with van der Waals surface area (Å²) in [6, 6.07) is 8.15. The minimum absolute atomic E-state index is 0.236. The SMILES string of the molecule is COc1ccc(CC(N)c2ccco2)cc1F. The Hall–Kier alpha value is -1.81. The zero-order valence-corrected chi connectivity index (χ0v) is 9.52. The Labute approximate surface area is 99.0 Å². The third-order valence-electron chi connectivity index (χ3n) is 2.58. The Kier molecular flexibility index (Phi) is 3.44. The van der Waals surface area contributed by atoms with Gasteiger partial charge in [-0.25, -0.2) is 4.39 Å². The van der Waals surface area contributed by atoms with Gasteiger partial charge in [0.2, 0.25) is 0 Å². The predicted octanol–water partition coefficient (Wildman–Crippen LogP) is 2.67. The van der Waals surface area contributed by atoms with Crippen LogP contribution in [0, 0.1) is 5.82 Å². The van der Waals surface area contributed by atoms with Crippen molar-refractivity contribution < 1.29 is 13.5 Å². The van der Waals surface area contributed by atoms with E-state index in [1.54, 1.807) is 24.5 Å². The first-order chi connectivity index (χ1) is 8.20. The summed E-state index contributed by atoms with van der Waals surface area (Å²) in [6.45, 7) is 0. The maximum absolute atomic E-state index is 13.5. The lowest BCUT2D eigenvalue weighted by Gasteiger charge is -2.10. The van der Waals surface area contributed by atoms with Crippen molar-refractivity contribution in [1.82, 2.24) is 0 Å². The molecule has 0 fully saturated rings. The van der Waals surface area contributed by atoms with E-state index in [1.165, 1.54) is 13.2 Å². The molecule has 0 radical (unpaired) electrons. The molecule has 2 aromatic rings. The van der Waals surface area contributed by atoms with E-state index in [0.29, 0.717) is 12.2 Å². The van der Waals surface area contributed by atoms with Gasteiger partial charge in [0.05, 0.1) is 19.4 Å². The highest BCUT2D eigenvalue weighted by molar-refractivity contribution is 5.30. The molecule has 0 aliphatic heterocycles. The summed E-state index contributed by atoms with van der Waals surface area (Å²) >= 11 is 0. The number of halogens is 1. The minimum Gasteiger partial charge on any atom is -0.494 e. The number of nitrogens with two attached hydrogens (primary N) is 1. The molecule has 2 N–H and O–H groups in total. The van der Waals surface area contributed by atoms with Gasteiger partial charge in [0.25, 0.3) is 0 Å². The summed E-state index contributed by atoms with van der Waals surface area (Å²) in [6.07, 6.45) is 2.10. The third-order valence-corrected chi connectivity index (χ3v) is 2.58. The van der Waals surface area contributed by atoms with E-state index >= 15 is 0 Å². The van der Waals surface area contributed by atoms with Crippen LogP contribution in [0.1, 0.15) is 17.4 Å². The second kappa shape index (κ2) is 5.01. The highest BCUT2D eigenvalue weighted by Gasteiger charge is 2.11. The largest absolute Gasteiger partial charge is 0.494 e. The maximum atomic E-state index is 13.5. The molecule has 17 heavy (non-hydrogen) atoms. The molecule has 0 saturated carbocycles. The Morgan fingerprint density at radius 1 is 1.41 bits per heavy atom. The highest BCUT2D eigenvalue weighted by atomic mass is 19.1. The lowest BCUT2D eigenvalue weighted by molar-refractivity contribution is 0.386. The first-order valence-corrected chi connectivity index (χ1v) is 5.32. The smallest absolute Gasteiger partial charge is 0.165 e. The number of benzene rings is 1. The molecule has 1 heterocycles. The number of furan rings is 1. The quantitative estimate of drug-likeness (QED) is 0.886. The maximum Gasteiger partial charge on any atom is 0.165 e. The van der Waals surface area contributed by atoms with Gasteiger partial charge in [0.15, 0.2) is 11.6 Å². The molecule has 1 aromatic carbocycles. The van der Waals surface area contributed by atoms with Crippen molar-refractivity contribution in [3.63, 3.8) is 0 Å². The van der Waals surface area contributed by atoms with Crippen molar-refractivity contribution >= 4 is 0 Å². The fourth-order valence-electron chi connectivity index (χ4n) is 1.69. The number of ether oxygens (including phenoxy) is 1. The lowest BCUT2D eigenvalue weighted by atomic mass is 10.0. The molecule has 2 rings (SSSR count). The van der Waals surface area contributed by atoms with Crippen molar-refractivity contribution in [2.45, 2.75) is 12.5 Å². The van der Waals surface area contributed by atoms with Crippen LogP contribution in [0.4, 0.5) is 4.39 Å². The van der Waals surface area contributed by atoms with Gasteiger partial charge < -0.3 is 14.9 Å². The van der Waals surface area contributed by atoms with Gasteiger partial charge in [0, 0.05) is 0 Å². The van der Waals surface area contributed by atoms with Crippen molar-refractivity contribution in [3.05, 3.63) is 53.7 Å². The van der Waals surface area contributed by atoms with Crippen LogP contribution in [0.15, 0.2) is 41.0 Å². The van der Waals surface area contributed by atoms with Crippen LogP contribution >= 0.6 is 0 Å². The summed E-state index contributed by atoms with van der Waals surface area (Å²) < 4.78 is 23.5. The summed E-state index contributed by atoms with van der Waals surface area (Å²) in [5.74, 6) is 0.554. The number of rotatable bonds is 4. The molecule has 0 spiro atoms. The third kappa shape index (κ3) is 2.65. The first-order valence-electron chi connectivity index (χ1n) is 5.32. The summed E-state index contributed by atoms with van der Waals surface area (Å²) in [7, 11) is 1.44. The average molecular weight is 235 g/mol. The number of methoxy groups -OCH3 is 1. The fourth-order valence-corrected chi connectivity index (χ4v) is 1.69. The van der Waals surface area contributed by atoms with E-state index in [1.807, 2.05) is 6.07 Å². The van der Waals surface area contributed by atoms with Gasteiger partial charge in [0.1, 0.15) is 5.76 Å². The Morgan fingerprint density at radius 3 is 2.82 bits per heavy atom. The highest BCUT2D eigenvalue weighted by Crippen LogP contribution is 2.21. The van der Waals surface area contributed by atoms with Gasteiger partial charge in [-0.1, -0.05) is 6.07 Å². The lowest BCUT2D eigenvalue weighted by Crippen LogP contribution is -2.12. The summed E-state index contributed by atoms with van der Waals surface area (Å²) in [5.41, 5.74) is 6.76. The molecule has 0 bridgehead atoms. The van der Waals surface area contributed by atoms with E-state index in [-0.39, 0.29) is 17.6 Å². The van der Waals surface area contributed by atoms with Gasteiger partial charge >= 0.3 is 0 Å². The van der Waals surface area contributed by atoms with Crippen LogP contribution in [0.2, 0.25) is 0 Å². The molecular formula is C13H14FNO2. The van der Waals surface area contributed by atoms with Crippen LogP contribution in [0.25, 0.3) is 0 Å². The van der Waals surface area contributed by atoms with Gasteiger partial charge in [-0.15, -0.1) is 0 Å². The Balaban J connectivity index is 2.11. The molecule has 0 amide bonds. The molecular weight excluding hydrogens is 221 g/mol. The molecule has 90 valence electrons. The monoisotopic (exact) mass is 235 g/mol. The Bertz CT molecular complexity index is 482. The zero-order valence-electron chi connectivity index (χ0n) is 9.52. The van der Waals surface area contributed by atoms with Crippen LogP contribution in [-0.4, -0.2) is 7.11 Å². The van der Waals surface area contributed by atoms with E-state index in [9.17, 15) is 4.39 Å². The molecule has 4 heteroatoms. The number of hydrogen-bond acceptors (Lipinski definition) is 3. The first kappa shape index (κ1) is 11.7. The van der Waals surface area contributed by atoms with E-state index in [0.717, 1.165) is 5.56 Å². The standard InChI is InChI=1S/C13H14FNO2/c1-16-12-5-4-9(7-10(12)14)8-11(15)13-3-2-6-17-13/h2-7,11H,8,15H2,1H3. The topological polar surface area (TPSA) is 48.4 Å². The van der Waals surface area contributed by atoms with Gasteiger partial charge in [-0.2, -0.15) is 0 Å². The van der Waals surface area contributed by atoms with Gasteiger partial charge in [-0.3, -0.25) is 0 Å². The zero-order chi connectivity index (χ0) is 12.3. The van der Waals surface area contributed by atoms with Crippen molar-refractivity contribution in [1.29, 1.82) is 0 Å². The van der Waals surface area contributed by atoms with Crippen LogP contribution in [0.5, 0.6) is 5.75 Å². The van der Waals surface area contributed by atoms with Crippen molar-refractivity contribution in [2.75, 3.05) is 7.11 Å². The van der Waals surface area contributed by atoms with Crippen LogP contribution in [0.3, 0.4) is 0 Å². The molecule has 0 saturated heterocycles. The predicted molar refractivity (Wildman–Crippen MR) is 62.3 cm³/mol. The molecule has 1 unspecified atom stereocenters. The van der Waals surface area contributed by atoms with Gasteiger partial charge in [-0.05, 0) is 36.2 Å². The molecule has 1 aromatic heterocycles. The molecule has 1 atom stereocenters. The van der Waals surface area contributed by atoms with Crippen molar-refractivity contribution in [3.8, 4) is 5.75 Å². The minimum atomic E-state index is -0.378.